The van der Waals surface area contributed by atoms with Gasteiger partial charge in [-0.15, -0.1) is 0 Å². The zero-order valence-electron chi connectivity index (χ0n) is 22.6. The Labute approximate surface area is 238 Å². The fourth-order valence-corrected chi connectivity index (χ4v) is 6.15. The highest BCUT2D eigenvalue weighted by Gasteiger charge is 2.43. The van der Waals surface area contributed by atoms with Gasteiger partial charge in [-0.3, -0.25) is 9.59 Å². The number of hydrogen-bond donors (Lipinski definition) is 2. The maximum Gasteiger partial charge on any atom is 0.416 e. The van der Waals surface area contributed by atoms with Gasteiger partial charge in [0.2, 0.25) is 5.91 Å². The van der Waals surface area contributed by atoms with Crippen LogP contribution in [0.4, 0.5) is 24.8 Å². The zero-order valence-corrected chi connectivity index (χ0v) is 22.6. The lowest BCUT2D eigenvalue weighted by molar-refractivity contribution is -0.137. The molecular weight excluding hydrogens is 549 g/mol. The Kier molecular flexibility index (Phi) is 6.66. The fourth-order valence-electron chi connectivity index (χ4n) is 6.15. The Morgan fingerprint density at radius 1 is 1.10 bits per heavy atom. The van der Waals surface area contributed by atoms with Gasteiger partial charge in [0.15, 0.2) is 5.65 Å². The van der Waals surface area contributed by atoms with Crippen LogP contribution in [0.25, 0.3) is 22.3 Å². The number of carbonyl (C=O) groups excluding carboxylic acids is 2. The molecule has 6 rings (SSSR count). The molecule has 1 saturated carbocycles. The molecule has 4 heterocycles. The molecule has 3 N–H and O–H groups in total. The number of halogens is 3. The maximum absolute atomic E-state index is 13.1. The van der Waals surface area contributed by atoms with E-state index in [2.05, 4.69) is 26.8 Å². The monoisotopic (exact) mass is 576 g/mol. The molecule has 2 fully saturated rings. The highest BCUT2D eigenvalue weighted by Crippen LogP contribution is 2.45. The van der Waals surface area contributed by atoms with Gasteiger partial charge in [-0.2, -0.15) is 18.3 Å². The average Bonchev–Trinajstić information content (AvgIpc) is 3.64. The van der Waals surface area contributed by atoms with Crippen molar-refractivity contribution in [1.29, 1.82) is 0 Å². The number of benzene rings is 1. The van der Waals surface area contributed by atoms with Gasteiger partial charge in [0, 0.05) is 30.4 Å². The Balaban J connectivity index is 1.28. The van der Waals surface area contributed by atoms with Gasteiger partial charge in [-0.05, 0) is 67.5 Å². The number of likely N-dealkylation sites (tertiary alicyclic amines) is 1. The molecule has 4 aromatic rings. The summed E-state index contributed by atoms with van der Waals surface area (Å²) in [5, 5.41) is 7.98. The Morgan fingerprint density at radius 2 is 1.83 bits per heavy atom. The third kappa shape index (κ3) is 4.84. The molecule has 0 spiro atoms. The molecule has 10 nitrogen and oxygen atoms in total. The molecule has 2 unspecified atom stereocenters. The molecule has 3 aromatic heterocycles. The average molecular weight is 577 g/mol. The molecule has 42 heavy (non-hydrogen) atoms. The van der Waals surface area contributed by atoms with Gasteiger partial charge in [0.25, 0.3) is 5.91 Å². The van der Waals surface area contributed by atoms with Crippen molar-refractivity contribution in [3.63, 3.8) is 0 Å². The van der Waals surface area contributed by atoms with Crippen molar-refractivity contribution in [3.05, 3.63) is 72.2 Å². The summed E-state index contributed by atoms with van der Waals surface area (Å²) in [4.78, 5) is 39.4. The van der Waals surface area contributed by atoms with Crippen molar-refractivity contribution in [2.45, 2.75) is 32.0 Å². The minimum Gasteiger partial charge on any atom is -0.383 e. The largest absolute Gasteiger partial charge is 0.416 e. The number of nitrogens with one attached hydrogen (secondary N) is 1. The summed E-state index contributed by atoms with van der Waals surface area (Å²) in [6.07, 6.45) is 0.877. The highest BCUT2D eigenvalue weighted by molar-refractivity contribution is 6.05. The number of nitrogens with two attached hydrogens (primary N) is 1. The minimum atomic E-state index is -4.56. The van der Waals surface area contributed by atoms with E-state index in [4.69, 9.17) is 10.8 Å². The minimum absolute atomic E-state index is 0.0492. The molecular formula is C29H27F3N8O2. The molecule has 2 aliphatic rings. The number of nitrogens with zero attached hydrogens (tertiary/aromatic N) is 6. The highest BCUT2D eigenvalue weighted by atomic mass is 19.4. The van der Waals surface area contributed by atoms with Crippen LogP contribution in [0.15, 0.2) is 55.5 Å². The number of rotatable bonds is 5. The van der Waals surface area contributed by atoms with E-state index in [0.29, 0.717) is 52.8 Å². The number of fused-ring (bicyclic) bond motifs is 2. The lowest BCUT2D eigenvalue weighted by Gasteiger charge is -2.18. The molecule has 1 saturated heterocycles. The van der Waals surface area contributed by atoms with Gasteiger partial charge in [0.05, 0.1) is 17.0 Å². The van der Waals surface area contributed by atoms with Crippen LogP contribution in [0.3, 0.4) is 0 Å². The Morgan fingerprint density at radius 3 is 2.50 bits per heavy atom. The van der Waals surface area contributed by atoms with E-state index in [-0.39, 0.29) is 29.1 Å². The van der Waals surface area contributed by atoms with E-state index in [1.165, 1.54) is 12.4 Å². The molecule has 216 valence electrons. The van der Waals surface area contributed by atoms with Crippen LogP contribution in [-0.4, -0.2) is 54.5 Å². The number of carbonyl (C=O) groups is 2. The van der Waals surface area contributed by atoms with Crippen LogP contribution in [0.2, 0.25) is 0 Å². The predicted octanol–water partition coefficient (Wildman–Crippen LogP) is 4.65. The summed E-state index contributed by atoms with van der Waals surface area (Å²) >= 11 is 0. The first-order valence-electron chi connectivity index (χ1n) is 13.4. The molecule has 2 atom stereocenters. The predicted molar refractivity (Wildman–Crippen MR) is 149 cm³/mol. The number of anilines is 2. The normalized spacial score (nSPS) is 20.1. The van der Waals surface area contributed by atoms with Crippen molar-refractivity contribution in [1.82, 2.24) is 29.6 Å². The Bertz CT molecular complexity index is 1720. The van der Waals surface area contributed by atoms with Gasteiger partial charge >= 0.3 is 6.18 Å². The van der Waals surface area contributed by atoms with E-state index < -0.39 is 17.6 Å². The van der Waals surface area contributed by atoms with E-state index in [0.717, 1.165) is 31.2 Å². The first kappa shape index (κ1) is 27.4. The maximum atomic E-state index is 13.1. The van der Waals surface area contributed by atoms with Crippen LogP contribution in [0.5, 0.6) is 0 Å². The quantitative estimate of drug-likeness (QED) is 0.331. The van der Waals surface area contributed by atoms with E-state index >= 15 is 0 Å². The van der Waals surface area contributed by atoms with Crippen molar-refractivity contribution in [2.24, 2.45) is 11.8 Å². The van der Waals surface area contributed by atoms with Gasteiger partial charge in [0.1, 0.15) is 23.7 Å². The molecule has 13 heteroatoms. The van der Waals surface area contributed by atoms with Crippen LogP contribution >= 0.6 is 0 Å². The summed E-state index contributed by atoms with van der Waals surface area (Å²) in [7, 11) is 0. The summed E-state index contributed by atoms with van der Waals surface area (Å²) in [5.74, 6) is 0.139. The second-order valence-corrected chi connectivity index (χ2v) is 10.8. The number of hydrogen-bond acceptors (Lipinski definition) is 7. The third-order valence-electron chi connectivity index (χ3n) is 8.15. The summed E-state index contributed by atoms with van der Waals surface area (Å²) < 4.78 is 41.1. The lowest BCUT2D eigenvalue weighted by atomic mass is 10.0. The second-order valence-electron chi connectivity index (χ2n) is 10.8. The molecule has 1 aromatic carbocycles. The Hall–Kier alpha value is -4.81. The first-order valence-corrected chi connectivity index (χ1v) is 13.4. The van der Waals surface area contributed by atoms with Gasteiger partial charge < -0.3 is 16.0 Å². The molecule has 2 amide bonds. The van der Waals surface area contributed by atoms with Crippen LogP contribution < -0.4 is 11.1 Å². The van der Waals surface area contributed by atoms with Crippen molar-refractivity contribution in [2.75, 3.05) is 24.1 Å². The topological polar surface area (TPSA) is 132 Å². The number of nitrogen functional groups attached to an aromatic ring is 1. The smallest absolute Gasteiger partial charge is 0.383 e. The van der Waals surface area contributed by atoms with Gasteiger partial charge in [-0.25, -0.2) is 19.6 Å². The molecule has 0 bridgehead atoms. The first-order chi connectivity index (χ1) is 20.0. The summed E-state index contributed by atoms with van der Waals surface area (Å²) in [5.41, 5.74) is 8.11. The third-order valence-corrected chi connectivity index (χ3v) is 8.15. The molecule has 1 aliphatic heterocycles. The van der Waals surface area contributed by atoms with E-state index in [1.807, 2.05) is 9.58 Å². The molecule has 1 aliphatic carbocycles. The SMILES string of the molecule is C=CC(=O)N1CC2CC(n3nc(-c4ccc(C(=O)Nc5cc(C(F)(F)F)ccn5)c(C)c4)c4c(N)ncnc43)CC2C1. The molecule has 0 radical (unpaired) electrons. The fraction of sp³-hybridized carbons (Fsp3) is 0.310. The zero-order chi connectivity index (χ0) is 29.8. The number of pyridine rings is 1. The van der Waals surface area contributed by atoms with Crippen LogP contribution in [0, 0.1) is 18.8 Å². The van der Waals surface area contributed by atoms with E-state index in [1.54, 1.807) is 25.1 Å². The van der Waals surface area contributed by atoms with Crippen LogP contribution in [0.1, 0.15) is 40.4 Å². The number of amides is 2. The van der Waals surface area contributed by atoms with Gasteiger partial charge in [-0.1, -0.05) is 12.6 Å². The number of aryl methyl sites for hydroxylation is 1. The number of alkyl halides is 3. The second kappa shape index (κ2) is 10.2. The van der Waals surface area contributed by atoms with Crippen molar-refractivity contribution >= 4 is 34.5 Å². The van der Waals surface area contributed by atoms with E-state index in [9.17, 15) is 22.8 Å². The number of aromatic nitrogens is 5. The standard InChI is InChI=1S/C29H27F3N8O2/c1-3-23(41)39-12-17-9-20(10-18(17)13-39)40-27-24(26(33)35-14-36-27)25(38-40)16-4-5-21(15(2)8-16)28(42)37-22-11-19(6-7-34-22)29(30,31)32/h3-8,11,14,17-18,20H,1,9-10,12-13H2,2H3,(H2,33,35,36)(H,34,37,42). The van der Waals surface area contributed by atoms with Crippen molar-refractivity contribution < 1.29 is 22.8 Å². The summed E-state index contributed by atoms with van der Waals surface area (Å²) in [6, 6.07) is 6.76. The van der Waals surface area contributed by atoms with Crippen LogP contribution in [-0.2, 0) is 11.0 Å². The summed E-state index contributed by atoms with van der Waals surface area (Å²) in [6.45, 7) is 6.70. The van der Waals surface area contributed by atoms with Crippen molar-refractivity contribution in [3.8, 4) is 11.3 Å². The lowest BCUT2D eigenvalue weighted by Crippen LogP contribution is -2.28.